The quantitative estimate of drug-likeness (QED) is 0.751. The van der Waals surface area contributed by atoms with Gasteiger partial charge >= 0.3 is 0 Å². The zero-order valence-electron chi connectivity index (χ0n) is 11.9. The van der Waals surface area contributed by atoms with Crippen molar-refractivity contribution in [3.8, 4) is 0 Å². The fraction of sp³-hybridized carbons (Fsp3) is 0.429. The monoisotopic (exact) mass is 375 g/mol. The number of carbonyl (C=O) groups is 2. The van der Waals surface area contributed by atoms with Crippen LogP contribution in [0, 0.1) is 6.92 Å². The van der Waals surface area contributed by atoms with Crippen molar-refractivity contribution in [3.63, 3.8) is 0 Å². The summed E-state index contributed by atoms with van der Waals surface area (Å²) in [6.07, 6.45) is -0.549. The van der Waals surface area contributed by atoms with Crippen molar-refractivity contribution >= 4 is 33.4 Å². The molecular weight excluding hydrogens is 360 g/mol. The molecule has 1 aromatic carbocycles. The van der Waals surface area contributed by atoms with Gasteiger partial charge in [-0.3, -0.25) is 14.9 Å². The highest BCUT2D eigenvalue weighted by atomic mass is 79.9. The van der Waals surface area contributed by atoms with Crippen LogP contribution in [0.3, 0.4) is 0 Å². The number of nitrogens with one attached hydrogen (secondary N) is 3. The largest absolute Gasteiger partial charge is 0.346 e. The average molecular weight is 376 g/mol. The molecule has 22 heavy (non-hydrogen) atoms. The highest BCUT2D eigenvalue weighted by Crippen LogP contribution is 2.25. The van der Waals surface area contributed by atoms with Gasteiger partial charge in [0, 0.05) is 16.6 Å². The molecule has 0 saturated carbocycles. The molecule has 0 radical (unpaired) electrons. The SMILES string of the molecule is Cc1cc(NC(=O)CNC(=O)C2CC(F)(F)CN2)ccc1Br. The molecule has 0 spiro atoms. The molecule has 1 unspecified atom stereocenters. The standard InChI is InChI=1S/C14H16BrF2N3O2/c1-8-4-9(2-3-10(8)15)20-12(21)6-18-13(22)11-5-14(16,17)7-19-11/h2-4,11,19H,5-7H2,1H3,(H,18,22)(H,20,21). The van der Waals surface area contributed by atoms with Crippen LogP contribution >= 0.6 is 15.9 Å². The topological polar surface area (TPSA) is 70.2 Å². The summed E-state index contributed by atoms with van der Waals surface area (Å²) in [6.45, 7) is 1.10. The van der Waals surface area contributed by atoms with Crippen LogP contribution in [0.15, 0.2) is 22.7 Å². The summed E-state index contributed by atoms with van der Waals surface area (Å²) in [7, 11) is 0. The summed E-state index contributed by atoms with van der Waals surface area (Å²) in [5.74, 6) is -3.89. The maximum Gasteiger partial charge on any atom is 0.262 e. The van der Waals surface area contributed by atoms with E-state index in [1.165, 1.54) is 0 Å². The average Bonchev–Trinajstić information content (AvgIpc) is 2.81. The lowest BCUT2D eigenvalue weighted by Crippen LogP contribution is -2.43. The third-order valence-electron chi connectivity index (χ3n) is 3.29. The zero-order valence-corrected chi connectivity index (χ0v) is 13.5. The first kappa shape index (κ1) is 16.8. The normalized spacial score (nSPS) is 19.7. The Kier molecular flexibility index (Phi) is 5.12. The fourth-order valence-electron chi connectivity index (χ4n) is 2.12. The van der Waals surface area contributed by atoms with Crippen molar-refractivity contribution in [2.75, 3.05) is 18.4 Å². The van der Waals surface area contributed by atoms with E-state index in [9.17, 15) is 18.4 Å². The Morgan fingerprint density at radius 3 is 2.77 bits per heavy atom. The summed E-state index contributed by atoms with van der Waals surface area (Å²) in [5.41, 5.74) is 1.56. The lowest BCUT2D eigenvalue weighted by Gasteiger charge is -2.11. The van der Waals surface area contributed by atoms with E-state index in [-0.39, 0.29) is 6.54 Å². The Hall–Kier alpha value is -1.54. The third-order valence-corrected chi connectivity index (χ3v) is 4.18. The molecule has 120 valence electrons. The van der Waals surface area contributed by atoms with Gasteiger partial charge in [-0.1, -0.05) is 15.9 Å². The van der Waals surface area contributed by atoms with Crippen LogP contribution < -0.4 is 16.0 Å². The van der Waals surface area contributed by atoms with Crippen molar-refractivity contribution in [3.05, 3.63) is 28.2 Å². The maximum atomic E-state index is 13.0. The van der Waals surface area contributed by atoms with E-state index in [4.69, 9.17) is 0 Å². The van der Waals surface area contributed by atoms with E-state index < -0.39 is 36.7 Å². The zero-order chi connectivity index (χ0) is 16.3. The van der Waals surface area contributed by atoms with Gasteiger partial charge in [0.25, 0.3) is 5.92 Å². The molecule has 1 atom stereocenters. The van der Waals surface area contributed by atoms with Crippen molar-refractivity contribution in [2.24, 2.45) is 0 Å². The predicted molar refractivity (Wildman–Crippen MR) is 81.9 cm³/mol. The molecule has 1 aliphatic heterocycles. The second-order valence-electron chi connectivity index (χ2n) is 5.22. The van der Waals surface area contributed by atoms with Gasteiger partial charge in [0.1, 0.15) is 0 Å². The van der Waals surface area contributed by atoms with Crippen molar-refractivity contribution < 1.29 is 18.4 Å². The van der Waals surface area contributed by atoms with E-state index >= 15 is 0 Å². The smallest absolute Gasteiger partial charge is 0.262 e. The van der Waals surface area contributed by atoms with Gasteiger partial charge in [-0.05, 0) is 30.7 Å². The molecule has 0 aliphatic carbocycles. The van der Waals surface area contributed by atoms with Crippen molar-refractivity contribution in [2.45, 2.75) is 25.3 Å². The molecule has 1 aromatic rings. The number of aryl methyl sites for hydroxylation is 1. The number of carbonyl (C=O) groups excluding carboxylic acids is 2. The van der Waals surface area contributed by atoms with Crippen LogP contribution in [0.5, 0.6) is 0 Å². The molecule has 1 aliphatic rings. The summed E-state index contributed by atoms with van der Waals surface area (Å²) in [6, 6.07) is 4.34. The number of rotatable bonds is 4. The van der Waals surface area contributed by atoms with E-state index in [0.29, 0.717) is 5.69 Å². The number of benzene rings is 1. The second kappa shape index (κ2) is 6.70. The van der Waals surface area contributed by atoms with Gasteiger partial charge in [-0.2, -0.15) is 0 Å². The highest BCUT2D eigenvalue weighted by Gasteiger charge is 2.42. The Morgan fingerprint density at radius 1 is 1.45 bits per heavy atom. The Bertz CT molecular complexity index is 595. The minimum Gasteiger partial charge on any atom is -0.346 e. The van der Waals surface area contributed by atoms with Crippen LogP contribution in [-0.2, 0) is 9.59 Å². The van der Waals surface area contributed by atoms with Crippen LogP contribution in [0.1, 0.15) is 12.0 Å². The van der Waals surface area contributed by atoms with Crippen LogP contribution in [-0.4, -0.2) is 36.9 Å². The number of alkyl halides is 2. The number of anilines is 1. The van der Waals surface area contributed by atoms with E-state index in [1.54, 1.807) is 18.2 Å². The molecule has 0 bridgehead atoms. The van der Waals surface area contributed by atoms with Gasteiger partial charge < -0.3 is 10.6 Å². The van der Waals surface area contributed by atoms with Gasteiger partial charge in [0.15, 0.2) is 0 Å². The molecular formula is C14H16BrF2N3O2. The van der Waals surface area contributed by atoms with Crippen LogP contribution in [0.4, 0.5) is 14.5 Å². The van der Waals surface area contributed by atoms with Gasteiger partial charge in [0.2, 0.25) is 11.8 Å². The Balaban J connectivity index is 1.80. The minimum atomic E-state index is -2.88. The number of amides is 2. The van der Waals surface area contributed by atoms with Crippen LogP contribution in [0.2, 0.25) is 0 Å². The molecule has 2 amide bonds. The number of hydrogen-bond donors (Lipinski definition) is 3. The first-order valence-corrected chi connectivity index (χ1v) is 7.51. The van der Waals surface area contributed by atoms with Crippen molar-refractivity contribution in [1.29, 1.82) is 0 Å². The molecule has 0 aromatic heterocycles. The number of halogens is 3. The van der Waals surface area contributed by atoms with E-state index in [1.807, 2.05) is 6.92 Å². The van der Waals surface area contributed by atoms with Gasteiger partial charge in [-0.25, -0.2) is 8.78 Å². The Morgan fingerprint density at radius 2 is 2.18 bits per heavy atom. The first-order valence-electron chi connectivity index (χ1n) is 6.72. The van der Waals surface area contributed by atoms with Crippen molar-refractivity contribution in [1.82, 2.24) is 10.6 Å². The first-order chi connectivity index (χ1) is 10.3. The van der Waals surface area contributed by atoms with Gasteiger partial charge in [0.05, 0.1) is 19.1 Å². The predicted octanol–water partition coefficient (Wildman–Crippen LogP) is 1.81. The minimum absolute atomic E-state index is 0.266. The maximum absolute atomic E-state index is 13.0. The molecule has 1 saturated heterocycles. The fourth-order valence-corrected chi connectivity index (χ4v) is 2.37. The molecule has 1 fully saturated rings. The number of hydrogen-bond acceptors (Lipinski definition) is 3. The summed E-state index contributed by atoms with van der Waals surface area (Å²) in [4.78, 5) is 23.4. The van der Waals surface area contributed by atoms with E-state index in [2.05, 4.69) is 31.9 Å². The summed E-state index contributed by atoms with van der Waals surface area (Å²) in [5, 5.41) is 7.42. The molecule has 8 heteroatoms. The third kappa shape index (κ3) is 4.48. The molecule has 1 heterocycles. The summed E-state index contributed by atoms with van der Waals surface area (Å²) >= 11 is 3.35. The molecule has 3 N–H and O–H groups in total. The lowest BCUT2D eigenvalue weighted by atomic mass is 10.2. The van der Waals surface area contributed by atoms with E-state index in [0.717, 1.165) is 10.0 Å². The summed E-state index contributed by atoms with van der Waals surface area (Å²) < 4.78 is 26.9. The van der Waals surface area contributed by atoms with Gasteiger partial charge in [-0.15, -0.1) is 0 Å². The second-order valence-corrected chi connectivity index (χ2v) is 6.08. The van der Waals surface area contributed by atoms with Crippen LogP contribution in [0.25, 0.3) is 0 Å². The molecule has 2 rings (SSSR count). The highest BCUT2D eigenvalue weighted by molar-refractivity contribution is 9.10. The lowest BCUT2D eigenvalue weighted by molar-refractivity contribution is -0.125. The molecule has 5 nitrogen and oxygen atoms in total. The Labute approximate surface area is 135 Å².